The monoisotopic (exact) mass is 334 g/mol. The summed E-state index contributed by atoms with van der Waals surface area (Å²) in [5, 5.41) is 1.06. The van der Waals surface area contributed by atoms with Gasteiger partial charge in [-0.05, 0) is 25.7 Å². The standard InChI is InChI=1S/C16H31BrO2/c1-3-5-11-15(12-6-4-2)19-16(18)13-9-7-8-10-14-17/h15H,3-14H2,1-2H3. The minimum absolute atomic E-state index is 0.0102. The summed E-state index contributed by atoms with van der Waals surface area (Å²) in [6, 6.07) is 0. The number of carbonyl (C=O) groups is 1. The molecule has 3 heteroatoms. The summed E-state index contributed by atoms with van der Waals surface area (Å²) in [4.78, 5) is 11.8. The van der Waals surface area contributed by atoms with Crippen LogP contribution in [0.4, 0.5) is 0 Å². The zero-order valence-corrected chi connectivity index (χ0v) is 14.3. The average molecular weight is 335 g/mol. The Labute approximate surface area is 127 Å². The van der Waals surface area contributed by atoms with Gasteiger partial charge in [0.15, 0.2) is 0 Å². The topological polar surface area (TPSA) is 26.3 Å². The maximum Gasteiger partial charge on any atom is 0.306 e. The van der Waals surface area contributed by atoms with Crippen LogP contribution in [0.2, 0.25) is 0 Å². The Morgan fingerprint density at radius 2 is 1.53 bits per heavy atom. The van der Waals surface area contributed by atoms with Gasteiger partial charge >= 0.3 is 5.97 Å². The molecule has 0 aliphatic heterocycles. The van der Waals surface area contributed by atoms with E-state index in [9.17, 15) is 4.79 Å². The van der Waals surface area contributed by atoms with E-state index < -0.39 is 0 Å². The lowest BCUT2D eigenvalue weighted by Gasteiger charge is -2.17. The van der Waals surface area contributed by atoms with Crippen molar-refractivity contribution in [3.63, 3.8) is 0 Å². The van der Waals surface area contributed by atoms with Crippen LogP contribution < -0.4 is 0 Å². The number of hydrogen-bond acceptors (Lipinski definition) is 2. The molecule has 0 saturated carbocycles. The van der Waals surface area contributed by atoms with Crippen molar-refractivity contribution in [1.29, 1.82) is 0 Å². The Hall–Kier alpha value is -0.0500. The molecule has 2 nitrogen and oxygen atoms in total. The van der Waals surface area contributed by atoms with Crippen LogP contribution in [0.1, 0.15) is 84.5 Å². The van der Waals surface area contributed by atoms with E-state index in [0.717, 1.165) is 43.9 Å². The predicted octanol–water partition coefficient (Wildman–Crippen LogP) is 5.62. The third-order valence-corrected chi connectivity index (χ3v) is 3.88. The summed E-state index contributed by atoms with van der Waals surface area (Å²) in [5.41, 5.74) is 0. The van der Waals surface area contributed by atoms with Crippen molar-refractivity contribution in [1.82, 2.24) is 0 Å². The van der Waals surface area contributed by atoms with Gasteiger partial charge in [0, 0.05) is 11.8 Å². The quantitative estimate of drug-likeness (QED) is 0.248. The van der Waals surface area contributed by atoms with Crippen molar-refractivity contribution < 1.29 is 9.53 Å². The van der Waals surface area contributed by atoms with Crippen LogP contribution >= 0.6 is 15.9 Å². The maximum absolute atomic E-state index is 11.8. The van der Waals surface area contributed by atoms with E-state index in [1.807, 2.05) is 0 Å². The number of esters is 1. The van der Waals surface area contributed by atoms with E-state index in [4.69, 9.17) is 4.74 Å². The number of alkyl halides is 1. The summed E-state index contributed by atoms with van der Waals surface area (Å²) in [6.45, 7) is 4.37. The lowest BCUT2D eigenvalue weighted by Crippen LogP contribution is -2.18. The van der Waals surface area contributed by atoms with Gasteiger partial charge in [0.2, 0.25) is 0 Å². The number of hydrogen-bond donors (Lipinski definition) is 0. The molecule has 0 N–H and O–H groups in total. The molecule has 0 aliphatic rings. The third kappa shape index (κ3) is 12.7. The SMILES string of the molecule is CCCCC(CCCC)OC(=O)CCCCCCBr. The molecule has 0 fully saturated rings. The van der Waals surface area contributed by atoms with Crippen LogP contribution in [0, 0.1) is 0 Å². The highest BCUT2D eigenvalue weighted by Crippen LogP contribution is 2.14. The second-order valence-corrected chi connectivity index (χ2v) is 6.04. The normalized spacial score (nSPS) is 10.9. The third-order valence-electron chi connectivity index (χ3n) is 3.32. The zero-order valence-electron chi connectivity index (χ0n) is 12.8. The van der Waals surface area contributed by atoms with E-state index in [2.05, 4.69) is 29.8 Å². The zero-order chi connectivity index (χ0) is 14.3. The van der Waals surface area contributed by atoms with E-state index >= 15 is 0 Å². The fourth-order valence-electron chi connectivity index (χ4n) is 2.09. The summed E-state index contributed by atoms with van der Waals surface area (Å²) in [5.74, 6) is 0.0102. The first-order valence-electron chi connectivity index (χ1n) is 8.00. The molecular formula is C16H31BrO2. The first kappa shape index (κ1) is 18.9. The average Bonchev–Trinajstić information content (AvgIpc) is 2.41. The molecule has 0 aromatic carbocycles. The van der Waals surface area contributed by atoms with E-state index in [1.54, 1.807) is 0 Å². The van der Waals surface area contributed by atoms with Crippen molar-refractivity contribution >= 4 is 21.9 Å². The van der Waals surface area contributed by atoms with Crippen LogP contribution in [-0.2, 0) is 9.53 Å². The highest BCUT2D eigenvalue weighted by molar-refractivity contribution is 9.09. The molecule has 0 heterocycles. The summed E-state index contributed by atoms with van der Waals surface area (Å²) < 4.78 is 5.61. The van der Waals surface area contributed by atoms with Gasteiger partial charge in [-0.15, -0.1) is 0 Å². The molecule has 0 unspecified atom stereocenters. The Morgan fingerprint density at radius 3 is 2.05 bits per heavy atom. The number of carbonyl (C=O) groups excluding carboxylic acids is 1. The Bertz CT molecular complexity index is 199. The van der Waals surface area contributed by atoms with E-state index in [-0.39, 0.29) is 12.1 Å². The molecule has 0 aromatic heterocycles. The molecule has 0 rings (SSSR count). The lowest BCUT2D eigenvalue weighted by atomic mass is 10.1. The van der Waals surface area contributed by atoms with Gasteiger partial charge in [-0.1, -0.05) is 68.3 Å². The van der Waals surface area contributed by atoms with Gasteiger partial charge in [-0.3, -0.25) is 4.79 Å². The molecule has 0 saturated heterocycles. The Kier molecular flexibility index (Phi) is 14.3. The van der Waals surface area contributed by atoms with Crippen molar-refractivity contribution in [2.24, 2.45) is 0 Å². The minimum atomic E-state index is 0.0102. The lowest BCUT2D eigenvalue weighted by molar-refractivity contribution is -0.150. The van der Waals surface area contributed by atoms with E-state index in [1.165, 1.54) is 25.7 Å². The van der Waals surface area contributed by atoms with Crippen LogP contribution in [0.25, 0.3) is 0 Å². The highest BCUT2D eigenvalue weighted by Gasteiger charge is 2.13. The first-order valence-corrected chi connectivity index (χ1v) is 9.12. The smallest absolute Gasteiger partial charge is 0.306 e. The van der Waals surface area contributed by atoms with Crippen LogP contribution in [0.5, 0.6) is 0 Å². The first-order chi connectivity index (χ1) is 9.24. The maximum atomic E-state index is 11.8. The highest BCUT2D eigenvalue weighted by atomic mass is 79.9. The second kappa shape index (κ2) is 14.4. The largest absolute Gasteiger partial charge is 0.462 e. The van der Waals surface area contributed by atoms with E-state index in [0.29, 0.717) is 6.42 Å². The second-order valence-electron chi connectivity index (χ2n) is 5.25. The molecule has 0 spiro atoms. The molecule has 0 radical (unpaired) electrons. The summed E-state index contributed by atoms with van der Waals surface area (Å²) in [7, 11) is 0. The number of unbranched alkanes of at least 4 members (excludes halogenated alkanes) is 5. The van der Waals surface area contributed by atoms with Gasteiger partial charge in [0.1, 0.15) is 6.10 Å². The van der Waals surface area contributed by atoms with Gasteiger partial charge < -0.3 is 4.74 Å². The van der Waals surface area contributed by atoms with Gasteiger partial charge in [-0.25, -0.2) is 0 Å². The Balaban J connectivity index is 3.74. The molecule has 0 aromatic rings. The fourth-order valence-corrected chi connectivity index (χ4v) is 2.48. The number of rotatable bonds is 13. The molecule has 0 atom stereocenters. The van der Waals surface area contributed by atoms with Gasteiger partial charge in [-0.2, -0.15) is 0 Å². The van der Waals surface area contributed by atoms with Crippen LogP contribution in [-0.4, -0.2) is 17.4 Å². The van der Waals surface area contributed by atoms with Crippen LogP contribution in [0.15, 0.2) is 0 Å². The molecule has 0 amide bonds. The van der Waals surface area contributed by atoms with Gasteiger partial charge in [0.05, 0.1) is 0 Å². The van der Waals surface area contributed by atoms with Crippen LogP contribution in [0.3, 0.4) is 0 Å². The van der Waals surface area contributed by atoms with Crippen molar-refractivity contribution in [2.75, 3.05) is 5.33 Å². The minimum Gasteiger partial charge on any atom is -0.462 e. The summed E-state index contributed by atoms with van der Waals surface area (Å²) >= 11 is 3.42. The van der Waals surface area contributed by atoms with Crippen molar-refractivity contribution in [2.45, 2.75) is 90.6 Å². The molecule has 0 bridgehead atoms. The Morgan fingerprint density at radius 1 is 0.947 bits per heavy atom. The summed E-state index contributed by atoms with van der Waals surface area (Å²) in [6.07, 6.45) is 12.0. The molecule has 0 aliphatic carbocycles. The predicted molar refractivity (Wildman–Crippen MR) is 85.8 cm³/mol. The number of halogens is 1. The number of ether oxygens (including phenoxy) is 1. The fraction of sp³-hybridized carbons (Fsp3) is 0.938. The van der Waals surface area contributed by atoms with Crippen molar-refractivity contribution in [3.8, 4) is 0 Å². The van der Waals surface area contributed by atoms with Crippen molar-refractivity contribution in [3.05, 3.63) is 0 Å². The molecule has 114 valence electrons. The molecular weight excluding hydrogens is 304 g/mol. The molecule has 19 heavy (non-hydrogen) atoms. The van der Waals surface area contributed by atoms with Gasteiger partial charge in [0.25, 0.3) is 0 Å².